The van der Waals surface area contributed by atoms with Crippen LogP contribution in [-0.2, 0) is 4.79 Å². The van der Waals surface area contributed by atoms with Gasteiger partial charge in [-0.1, -0.05) is 25.3 Å². The predicted molar refractivity (Wildman–Crippen MR) is 109 cm³/mol. The Labute approximate surface area is 161 Å². The van der Waals surface area contributed by atoms with E-state index in [0.717, 1.165) is 56.0 Å². The number of nitrogens with one attached hydrogen (secondary N) is 1. The van der Waals surface area contributed by atoms with Crippen molar-refractivity contribution >= 4 is 28.9 Å². The summed E-state index contributed by atoms with van der Waals surface area (Å²) in [5.74, 6) is 1.38. The van der Waals surface area contributed by atoms with Crippen molar-refractivity contribution < 1.29 is 9.53 Å². The second-order valence-corrected chi connectivity index (χ2v) is 7.67. The second-order valence-electron chi connectivity index (χ2n) is 7.28. The monoisotopic (exact) mass is 375 g/mol. The fourth-order valence-corrected chi connectivity index (χ4v) is 4.14. The summed E-state index contributed by atoms with van der Waals surface area (Å²) in [4.78, 5) is 16.9. The highest BCUT2D eigenvalue weighted by Gasteiger charge is 2.29. The summed E-state index contributed by atoms with van der Waals surface area (Å²) in [6.07, 6.45) is 5.80. The molecule has 1 amide bonds. The number of hydrogen-bond acceptors (Lipinski definition) is 3. The van der Waals surface area contributed by atoms with Crippen molar-refractivity contribution in [3.63, 3.8) is 0 Å². The largest absolute Gasteiger partial charge is 0.495 e. The highest BCUT2D eigenvalue weighted by Crippen LogP contribution is 2.27. The quantitative estimate of drug-likeness (QED) is 0.820. The fourth-order valence-electron chi connectivity index (χ4n) is 3.85. The lowest BCUT2D eigenvalue weighted by Gasteiger charge is -2.38. The molecule has 0 spiro atoms. The van der Waals surface area contributed by atoms with Gasteiger partial charge in [-0.05, 0) is 49.7 Å². The Morgan fingerprint density at radius 1 is 1.12 bits per heavy atom. The molecule has 2 fully saturated rings. The maximum atomic E-state index is 12.7. The van der Waals surface area contributed by atoms with Gasteiger partial charge in [0.1, 0.15) is 5.75 Å². The molecule has 3 rings (SSSR count). The van der Waals surface area contributed by atoms with Crippen LogP contribution in [0.4, 0.5) is 5.69 Å². The minimum atomic E-state index is 0.247. The number of aryl methyl sites for hydroxylation is 1. The molecule has 1 aliphatic carbocycles. The number of carbonyl (C=O) groups excluding carboxylic acids is 1. The molecule has 142 valence electrons. The highest BCUT2D eigenvalue weighted by atomic mass is 32.1. The van der Waals surface area contributed by atoms with Gasteiger partial charge in [0.2, 0.25) is 5.91 Å². The molecule has 5 nitrogen and oxygen atoms in total. The van der Waals surface area contributed by atoms with Gasteiger partial charge < -0.3 is 19.9 Å². The van der Waals surface area contributed by atoms with Crippen LogP contribution in [0.25, 0.3) is 0 Å². The molecule has 1 aliphatic heterocycles. The van der Waals surface area contributed by atoms with Crippen molar-refractivity contribution in [3.8, 4) is 5.75 Å². The van der Waals surface area contributed by atoms with Crippen LogP contribution in [0.3, 0.4) is 0 Å². The average Bonchev–Trinajstić information content (AvgIpc) is 2.68. The van der Waals surface area contributed by atoms with Crippen LogP contribution < -0.4 is 10.1 Å². The first-order valence-electron chi connectivity index (χ1n) is 9.58. The molecule has 0 aromatic heterocycles. The number of nitrogens with zero attached hydrogens (tertiary/aromatic N) is 2. The minimum Gasteiger partial charge on any atom is -0.495 e. The number of amides is 1. The second kappa shape index (κ2) is 8.71. The third kappa shape index (κ3) is 4.47. The molecular weight excluding hydrogens is 346 g/mol. The molecule has 0 unspecified atom stereocenters. The topological polar surface area (TPSA) is 44.8 Å². The summed E-state index contributed by atoms with van der Waals surface area (Å²) < 4.78 is 5.41. The molecule has 0 bridgehead atoms. The Bertz CT molecular complexity index is 650. The summed E-state index contributed by atoms with van der Waals surface area (Å²) in [7, 11) is 1.66. The van der Waals surface area contributed by atoms with Crippen molar-refractivity contribution in [2.45, 2.75) is 39.0 Å². The third-order valence-electron chi connectivity index (χ3n) is 5.43. The minimum absolute atomic E-state index is 0.247. The number of hydrogen-bond donors (Lipinski definition) is 1. The fraction of sp³-hybridized carbons (Fsp3) is 0.600. The number of benzene rings is 1. The van der Waals surface area contributed by atoms with E-state index in [-0.39, 0.29) is 5.92 Å². The van der Waals surface area contributed by atoms with E-state index in [1.807, 2.05) is 30.0 Å². The standard InChI is InChI=1S/C20H29N3O2S/c1-15-8-9-18(25-2)17(14-15)21-20(26)23-12-10-22(11-13-23)19(24)16-6-4-3-5-7-16/h8-9,14,16H,3-7,10-13H2,1-2H3,(H,21,26). The van der Waals surface area contributed by atoms with Crippen molar-refractivity contribution in [2.75, 3.05) is 38.6 Å². The summed E-state index contributed by atoms with van der Waals surface area (Å²) in [6.45, 7) is 5.10. The Morgan fingerprint density at radius 2 is 1.77 bits per heavy atom. The molecule has 0 radical (unpaired) electrons. The lowest BCUT2D eigenvalue weighted by atomic mass is 9.88. The molecule has 1 N–H and O–H groups in total. The van der Waals surface area contributed by atoms with Crippen molar-refractivity contribution in [1.82, 2.24) is 9.80 Å². The van der Waals surface area contributed by atoms with Gasteiger partial charge in [0.25, 0.3) is 0 Å². The predicted octanol–water partition coefficient (Wildman–Crippen LogP) is 3.42. The van der Waals surface area contributed by atoms with E-state index in [9.17, 15) is 4.79 Å². The van der Waals surface area contributed by atoms with Gasteiger partial charge in [0.15, 0.2) is 5.11 Å². The maximum Gasteiger partial charge on any atom is 0.225 e. The summed E-state index contributed by atoms with van der Waals surface area (Å²) in [5.41, 5.74) is 2.04. The Kier molecular flexibility index (Phi) is 6.35. The van der Waals surface area contributed by atoms with Crippen LogP contribution in [0.5, 0.6) is 5.75 Å². The number of ether oxygens (including phenoxy) is 1. The zero-order valence-corrected chi connectivity index (χ0v) is 16.6. The smallest absolute Gasteiger partial charge is 0.225 e. The van der Waals surface area contributed by atoms with Crippen LogP contribution in [0.2, 0.25) is 0 Å². The van der Waals surface area contributed by atoms with Crippen LogP contribution in [-0.4, -0.2) is 54.1 Å². The van der Waals surface area contributed by atoms with Gasteiger partial charge in [-0.3, -0.25) is 4.79 Å². The zero-order valence-electron chi connectivity index (χ0n) is 15.8. The van der Waals surface area contributed by atoms with Crippen LogP contribution >= 0.6 is 12.2 Å². The molecule has 6 heteroatoms. The molecule has 1 saturated heterocycles. The zero-order chi connectivity index (χ0) is 18.5. The van der Waals surface area contributed by atoms with Gasteiger partial charge in [0, 0.05) is 32.1 Å². The number of anilines is 1. The SMILES string of the molecule is COc1ccc(C)cc1NC(=S)N1CCN(C(=O)C2CCCCC2)CC1. The maximum absolute atomic E-state index is 12.7. The number of rotatable bonds is 3. The first kappa shape index (κ1) is 19.0. The summed E-state index contributed by atoms with van der Waals surface area (Å²) in [5, 5.41) is 4.00. The Morgan fingerprint density at radius 3 is 2.42 bits per heavy atom. The van der Waals surface area contributed by atoms with Crippen molar-refractivity contribution in [3.05, 3.63) is 23.8 Å². The van der Waals surface area contributed by atoms with E-state index in [1.165, 1.54) is 19.3 Å². The lowest BCUT2D eigenvalue weighted by Crippen LogP contribution is -2.53. The van der Waals surface area contributed by atoms with Crippen molar-refractivity contribution in [2.24, 2.45) is 5.92 Å². The van der Waals surface area contributed by atoms with Gasteiger partial charge >= 0.3 is 0 Å². The number of methoxy groups -OCH3 is 1. The van der Waals surface area contributed by atoms with Gasteiger partial charge in [-0.2, -0.15) is 0 Å². The van der Waals surface area contributed by atoms with E-state index >= 15 is 0 Å². The third-order valence-corrected chi connectivity index (χ3v) is 5.79. The van der Waals surface area contributed by atoms with Crippen molar-refractivity contribution in [1.29, 1.82) is 0 Å². The Balaban J connectivity index is 1.53. The van der Waals surface area contributed by atoms with Crippen LogP contribution in [0, 0.1) is 12.8 Å². The summed E-state index contributed by atoms with van der Waals surface area (Å²) >= 11 is 5.59. The molecular formula is C20H29N3O2S. The van der Waals surface area contributed by atoms with E-state index in [2.05, 4.69) is 10.2 Å². The average molecular weight is 376 g/mol. The molecule has 2 aliphatic rings. The van der Waals surface area contributed by atoms with Gasteiger partial charge in [-0.25, -0.2) is 0 Å². The first-order chi connectivity index (χ1) is 12.6. The number of carbonyl (C=O) groups is 1. The Hall–Kier alpha value is -1.82. The molecule has 1 aromatic rings. The molecule has 1 heterocycles. The van der Waals surface area contributed by atoms with E-state index < -0.39 is 0 Å². The van der Waals surface area contributed by atoms with Gasteiger partial charge in [-0.15, -0.1) is 0 Å². The van der Waals surface area contributed by atoms with Crippen LogP contribution in [0.15, 0.2) is 18.2 Å². The lowest BCUT2D eigenvalue weighted by molar-refractivity contribution is -0.137. The van der Waals surface area contributed by atoms with Crippen LogP contribution in [0.1, 0.15) is 37.7 Å². The molecule has 1 saturated carbocycles. The number of thiocarbonyl (C=S) groups is 1. The van der Waals surface area contributed by atoms with E-state index in [1.54, 1.807) is 7.11 Å². The first-order valence-corrected chi connectivity index (χ1v) is 9.98. The van der Waals surface area contributed by atoms with E-state index in [4.69, 9.17) is 17.0 Å². The normalized spacial score (nSPS) is 18.5. The molecule has 0 atom stereocenters. The molecule has 26 heavy (non-hydrogen) atoms. The van der Waals surface area contributed by atoms with E-state index in [0.29, 0.717) is 11.0 Å². The highest BCUT2D eigenvalue weighted by molar-refractivity contribution is 7.80. The summed E-state index contributed by atoms with van der Waals surface area (Å²) in [6, 6.07) is 6.00. The van der Waals surface area contributed by atoms with Gasteiger partial charge in [0.05, 0.1) is 12.8 Å². The molecule has 1 aromatic carbocycles. The number of piperazine rings is 1.